The maximum absolute atomic E-state index is 14.3. The van der Waals surface area contributed by atoms with E-state index in [0.717, 1.165) is 24.9 Å². The van der Waals surface area contributed by atoms with Crippen LogP contribution in [0.15, 0.2) is 23.2 Å². The summed E-state index contributed by atoms with van der Waals surface area (Å²) in [5, 5.41) is 9.30. The van der Waals surface area contributed by atoms with E-state index in [1.165, 1.54) is 6.07 Å². The van der Waals surface area contributed by atoms with Crippen molar-refractivity contribution in [1.29, 1.82) is 0 Å². The van der Waals surface area contributed by atoms with Crippen molar-refractivity contribution in [3.05, 3.63) is 29.6 Å². The highest BCUT2D eigenvalue weighted by molar-refractivity contribution is 5.85. The van der Waals surface area contributed by atoms with E-state index in [1.807, 2.05) is 19.9 Å². The highest BCUT2D eigenvalue weighted by atomic mass is 19.1. The number of aliphatic imine (C=N–C) groups is 1. The lowest BCUT2D eigenvalue weighted by Crippen LogP contribution is -2.51. The number of carbonyl (C=O) groups excluding carboxylic acids is 1. The first-order valence-corrected chi connectivity index (χ1v) is 9.85. The second kappa shape index (κ2) is 11.5. The third-order valence-corrected chi connectivity index (χ3v) is 4.56. The predicted octanol–water partition coefficient (Wildman–Crippen LogP) is 1.42. The molecule has 0 bridgehead atoms. The van der Waals surface area contributed by atoms with Gasteiger partial charge in [-0.3, -0.25) is 4.79 Å². The molecule has 1 aliphatic rings. The van der Waals surface area contributed by atoms with E-state index in [2.05, 4.69) is 25.8 Å². The van der Waals surface area contributed by atoms with E-state index in [4.69, 9.17) is 4.74 Å². The summed E-state index contributed by atoms with van der Waals surface area (Å²) in [7, 11) is 1.59. The number of rotatable bonds is 8. The van der Waals surface area contributed by atoms with Gasteiger partial charge in [0, 0.05) is 39.3 Å². The number of aryl methyl sites for hydroxylation is 1. The van der Waals surface area contributed by atoms with Crippen LogP contribution in [0.5, 0.6) is 0 Å². The van der Waals surface area contributed by atoms with Crippen LogP contribution in [0.2, 0.25) is 0 Å². The number of guanidine groups is 1. The number of nitrogens with one attached hydrogen (secondary N) is 3. The Kier molecular flexibility index (Phi) is 9.00. The Balaban J connectivity index is 1.95. The molecule has 1 aliphatic heterocycles. The number of carbonyl (C=O) groups is 1. The molecule has 156 valence electrons. The van der Waals surface area contributed by atoms with Crippen molar-refractivity contribution in [2.24, 2.45) is 4.99 Å². The third kappa shape index (κ3) is 6.99. The number of benzene rings is 1. The first kappa shape index (κ1) is 21.9. The van der Waals surface area contributed by atoms with E-state index in [1.54, 1.807) is 13.2 Å². The van der Waals surface area contributed by atoms with E-state index in [-0.39, 0.29) is 24.3 Å². The first-order valence-electron chi connectivity index (χ1n) is 9.85. The van der Waals surface area contributed by atoms with Crippen molar-refractivity contribution in [3.63, 3.8) is 0 Å². The van der Waals surface area contributed by atoms with Crippen molar-refractivity contribution in [1.82, 2.24) is 16.0 Å². The second-order valence-corrected chi connectivity index (χ2v) is 6.92. The van der Waals surface area contributed by atoms with Crippen LogP contribution in [0.3, 0.4) is 0 Å². The monoisotopic (exact) mass is 393 g/mol. The summed E-state index contributed by atoms with van der Waals surface area (Å²) in [6, 6.07) is 5.33. The largest absolute Gasteiger partial charge is 0.383 e. The summed E-state index contributed by atoms with van der Waals surface area (Å²) in [4.78, 5) is 18.3. The normalized spacial score (nSPS) is 17.4. The van der Waals surface area contributed by atoms with Gasteiger partial charge in [-0.15, -0.1) is 0 Å². The molecular weight excluding hydrogens is 361 g/mol. The van der Waals surface area contributed by atoms with Gasteiger partial charge in [-0.2, -0.15) is 0 Å². The Hall–Kier alpha value is -2.35. The highest BCUT2D eigenvalue weighted by Crippen LogP contribution is 2.24. The van der Waals surface area contributed by atoms with Gasteiger partial charge in [0.1, 0.15) is 12.4 Å². The molecule has 1 aromatic carbocycles. The third-order valence-electron chi connectivity index (χ3n) is 4.56. The summed E-state index contributed by atoms with van der Waals surface area (Å²) < 4.78 is 19.2. The van der Waals surface area contributed by atoms with Gasteiger partial charge in [0.25, 0.3) is 0 Å². The van der Waals surface area contributed by atoms with Crippen LogP contribution < -0.4 is 20.9 Å². The van der Waals surface area contributed by atoms with Gasteiger partial charge < -0.3 is 25.6 Å². The van der Waals surface area contributed by atoms with Crippen molar-refractivity contribution in [2.45, 2.75) is 32.7 Å². The average molecular weight is 394 g/mol. The number of methoxy groups -OCH3 is 1. The lowest BCUT2D eigenvalue weighted by molar-refractivity contribution is -0.119. The van der Waals surface area contributed by atoms with Crippen LogP contribution in [-0.2, 0) is 9.53 Å². The van der Waals surface area contributed by atoms with Gasteiger partial charge in [0.15, 0.2) is 5.96 Å². The Morgan fingerprint density at radius 1 is 1.39 bits per heavy atom. The Morgan fingerprint density at radius 2 is 2.21 bits per heavy atom. The number of halogens is 1. The number of piperidine rings is 1. The maximum Gasteiger partial charge on any atom is 0.241 e. The molecule has 2 rings (SSSR count). The minimum atomic E-state index is -0.195. The molecule has 1 unspecified atom stereocenters. The van der Waals surface area contributed by atoms with Gasteiger partial charge in [-0.1, -0.05) is 6.07 Å². The molecule has 8 heteroatoms. The molecule has 0 aromatic heterocycles. The molecule has 1 atom stereocenters. The zero-order chi connectivity index (χ0) is 20.4. The van der Waals surface area contributed by atoms with Crippen molar-refractivity contribution in [3.8, 4) is 0 Å². The van der Waals surface area contributed by atoms with Crippen LogP contribution in [0.1, 0.15) is 25.3 Å². The lowest BCUT2D eigenvalue weighted by Gasteiger charge is -2.35. The highest BCUT2D eigenvalue weighted by Gasteiger charge is 2.23. The minimum absolute atomic E-state index is 0.0436. The summed E-state index contributed by atoms with van der Waals surface area (Å²) in [5.41, 5.74) is 1.69. The predicted molar refractivity (Wildman–Crippen MR) is 110 cm³/mol. The zero-order valence-electron chi connectivity index (χ0n) is 17.1. The molecule has 7 nitrogen and oxygen atoms in total. The maximum atomic E-state index is 14.3. The number of anilines is 1. The van der Waals surface area contributed by atoms with Gasteiger partial charge in [-0.05, 0) is 44.4 Å². The number of nitrogens with zero attached hydrogens (tertiary/aromatic N) is 2. The molecule has 1 heterocycles. The molecule has 1 saturated heterocycles. The molecule has 1 fully saturated rings. The molecule has 0 aliphatic carbocycles. The molecule has 0 saturated carbocycles. The van der Waals surface area contributed by atoms with Crippen LogP contribution in [0, 0.1) is 12.7 Å². The molecule has 3 N–H and O–H groups in total. The van der Waals surface area contributed by atoms with Crippen LogP contribution >= 0.6 is 0 Å². The van der Waals surface area contributed by atoms with Crippen molar-refractivity contribution >= 4 is 17.6 Å². The molecule has 0 radical (unpaired) electrons. The molecule has 28 heavy (non-hydrogen) atoms. The topological polar surface area (TPSA) is 78.0 Å². The fourth-order valence-corrected chi connectivity index (χ4v) is 3.19. The first-order chi connectivity index (χ1) is 13.5. The Labute approximate surface area is 166 Å². The SMILES string of the molecule is CCNC(=NCC(=O)NCCOC)NC1CCCN(c2cc(C)ccc2F)C1. The molecule has 0 spiro atoms. The molecule has 1 amide bonds. The number of ether oxygens (including phenoxy) is 1. The van der Waals surface area contributed by atoms with Gasteiger partial charge in [0.05, 0.1) is 12.3 Å². The molecular formula is C20H32FN5O2. The van der Waals surface area contributed by atoms with Crippen molar-refractivity contribution in [2.75, 3.05) is 51.3 Å². The van der Waals surface area contributed by atoms with E-state index in [0.29, 0.717) is 37.9 Å². The van der Waals surface area contributed by atoms with Crippen molar-refractivity contribution < 1.29 is 13.9 Å². The summed E-state index contributed by atoms with van der Waals surface area (Å²) in [6.07, 6.45) is 1.93. The smallest absolute Gasteiger partial charge is 0.241 e. The standard InChI is InChI=1S/C20H32FN5O2/c1-4-22-20(24-13-19(27)23-9-11-28-3)25-16-6-5-10-26(14-16)18-12-15(2)7-8-17(18)21/h7-8,12,16H,4-6,9-11,13-14H2,1-3H3,(H,23,27)(H2,22,24,25). The lowest BCUT2D eigenvalue weighted by atomic mass is 10.0. The summed E-state index contributed by atoms with van der Waals surface area (Å²) in [5.74, 6) is 0.252. The van der Waals surface area contributed by atoms with Gasteiger partial charge >= 0.3 is 0 Å². The number of amides is 1. The summed E-state index contributed by atoms with van der Waals surface area (Å²) in [6.45, 7) is 7.14. The van der Waals surface area contributed by atoms with E-state index >= 15 is 0 Å². The second-order valence-electron chi connectivity index (χ2n) is 6.92. The van der Waals surface area contributed by atoms with Gasteiger partial charge in [0.2, 0.25) is 5.91 Å². The zero-order valence-corrected chi connectivity index (χ0v) is 17.1. The van der Waals surface area contributed by atoms with E-state index in [9.17, 15) is 9.18 Å². The van der Waals surface area contributed by atoms with Crippen LogP contribution in [-0.4, -0.2) is 64.3 Å². The fraction of sp³-hybridized carbons (Fsp3) is 0.600. The van der Waals surface area contributed by atoms with Crippen LogP contribution in [0.4, 0.5) is 10.1 Å². The summed E-state index contributed by atoms with van der Waals surface area (Å²) >= 11 is 0. The number of hydrogen-bond acceptors (Lipinski definition) is 4. The molecule has 1 aromatic rings. The van der Waals surface area contributed by atoms with E-state index < -0.39 is 0 Å². The Morgan fingerprint density at radius 3 is 2.96 bits per heavy atom. The van der Waals surface area contributed by atoms with Crippen LogP contribution in [0.25, 0.3) is 0 Å². The fourth-order valence-electron chi connectivity index (χ4n) is 3.19. The van der Waals surface area contributed by atoms with Gasteiger partial charge in [-0.25, -0.2) is 9.38 Å². The Bertz CT molecular complexity index is 668. The average Bonchev–Trinajstić information content (AvgIpc) is 2.68. The number of hydrogen-bond donors (Lipinski definition) is 3. The quantitative estimate of drug-likeness (QED) is 0.354. The minimum Gasteiger partial charge on any atom is -0.383 e.